The fourth-order valence-electron chi connectivity index (χ4n) is 3.90. The van der Waals surface area contributed by atoms with E-state index in [-0.39, 0.29) is 16.2 Å². The molecule has 2 rings (SSSR count). The lowest BCUT2D eigenvalue weighted by molar-refractivity contribution is -0.174. The molecular weight excluding hydrogens is 366 g/mol. The fourth-order valence-corrected chi connectivity index (χ4v) is 6.66. The first-order valence-electron chi connectivity index (χ1n) is 9.15. The van der Waals surface area contributed by atoms with Crippen molar-refractivity contribution >= 4 is 25.0 Å². The summed E-state index contributed by atoms with van der Waals surface area (Å²) < 4.78 is 33.7. The van der Waals surface area contributed by atoms with Crippen LogP contribution in [-0.2, 0) is 19.2 Å². The summed E-state index contributed by atoms with van der Waals surface area (Å²) in [6.07, 6.45) is 0.564. The molecule has 1 fully saturated rings. The van der Waals surface area contributed by atoms with Crippen molar-refractivity contribution in [1.82, 2.24) is 4.31 Å². The van der Waals surface area contributed by atoms with Gasteiger partial charge in [0.15, 0.2) is 9.04 Å². The summed E-state index contributed by atoms with van der Waals surface area (Å²) >= 11 is 0. The van der Waals surface area contributed by atoms with Crippen LogP contribution in [0.3, 0.4) is 0 Å². The van der Waals surface area contributed by atoms with Crippen molar-refractivity contribution in [2.45, 2.75) is 65.1 Å². The molecule has 1 amide bonds. The molecule has 0 radical (unpaired) electrons. The molecule has 2 atom stereocenters. The van der Waals surface area contributed by atoms with Gasteiger partial charge >= 0.3 is 0 Å². The SMILES string of the molecule is CCC1(CO[SiH](C)C)C(=O)N(S(=O)(=O)c2ccccc2C)[C@H]1C(C)(C)C. The molecule has 0 aromatic heterocycles. The molecule has 7 heteroatoms. The Morgan fingerprint density at radius 2 is 1.81 bits per heavy atom. The topological polar surface area (TPSA) is 63.7 Å². The lowest BCUT2D eigenvalue weighted by Crippen LogP contribution is -2.75. The van der Waals surface area contributed by atoms with Gasteiger partial charge in [-0.1, -0.05) is 45.9 Å². The minimum absolute atomic E-state index is 0.200. The third-order valence-corrected chi connectivity index (χ3v) is 7.88. The first-order valence-corrected chi connectivity index (χ1v) is 13.4. The van der Waals surface area contributed by atoms with E-state index in [0.717, 1.165) is 4.31 Å². The van der Waals surface area contributed by atoms with Crippen LogP contribution in [0.15, 0.2) is 29.2 Å². The Morgan fingerprint density at radius 3 is 2.27 bits per heavy atom. The minimum Gasteiger partial charge on any atom is -0.419 e. The third-order valence-electron chi connectivity index (χ3n) is 5.14. The summed E-state index contributed by atoms with van der Waals surface area (Å²) in [5, 5.41) is 0. The highest BCUT2D eigenvalue weighted by Gasteiger charge is 2.67. The predicted molar refractivity (Wildman–Crippen MR) is 106 cm³/mol. The molecule has 1 aliphatic heterocycles. The number of benzene rings is 1. The van der Waals surface area contributed by atoms with Gasteiger partial charge in [-0.15, -0.1) is 0 Å². The molecule has 0 bridgehead atoms. The summed E-state index contributed by atoms with van der Waals surface area (Å²) in [6, 6.07) is 6.39. The molecule has 146 valence electrons. The van der Waals surface area contributed by atoms with E-state index < -0.39 is 30.5 Å². The number of hydrogen-bond donors (Lipinski definition) is 0. The van der Waals surface area contributed by atoms with E-state index in [1.807, 2.05) is 27.7 Å². The Labute approximate surface area is 159 Å². The second-order valence-corrected chi connectivity index (χ2v) is 12.7. The second-order valence-electron chi connectivity index (χ2n) is 8.51. The zero-order chi connectivity index (χ0) is 19.9. The molecule has 1 heterocycles. The number of amides is 1. The molecule has 1 saturated heterocycles. The maximum absolute atomic E-state index is 13.3. The first kappa shape index (κ1) is 21.1. The fraction of sp³-hybridized carbons (Fsp3) is 0.632. The Balaban J connectivity index is 2.53. The summed E-state index contributed by atoms with van der Waals surface area (Å²) in [6.45, 7) is 14.1. The second kappa shape index (κ2) is 7.09. The monoisotopic (exact) mass is 397 g/mol. The predicted octanol–water partition coefficient (Wildman–Crippen LogP) is 3.34. The lowest BCUT2D eigenvalue weighted by atomic mass is 9.61. The number of aryl methyl sites for hydroxylation is 1. The molecule has 1 aromatic carbocycles. The van der Waals surface area contributed by atoms with Crippen LogP contribution in [0.2, 0.25) is 13.1 Å². The molecule has 1 aromatic rings. The molecule has 0 aliphatic carbocycles. The number of carbonyl (C=O) groups excluding carboxylic acids is 1. The van der Waals surface area contributed by atoms with E-state index >= 15 is 0 Å². The maximum Gasteiger partial charge on any atom is 0.267 e. The number of hydrogen-bond acceptors (Lipinski definition) is 4. The summed E-state index contributed by atoms with van der Waals surface area (Å²) in [5.41, 5.74) is -0.514. The van der Waals surface area contributed by atoms with Gasteiger partial charge in [-0.3, -0.25) is 4.79 Å². The van der Waals surface area contributed by atoms with Crippen molar-refractivity contribution in [2.24, 2.45) is 10.8 Å². The molecule has 26 heavy (non-hydrogen) atoms. The van der Waals surface area contributed by atoms with Crippen LogP contribution in [0, 0.1) is 17.8 Å². The number of sulfonamides is 1. The summed E-state index contributed by atoms with van der Waals surface area (Å²) in [4.78, 5) is 13.4. The zero-order valence-electron chi connectivity index (χ0n) is 16.9. The quantitative estimate of drug-likeness (QED) is 0.545. The maximum atomic E-state index is 13.3. The highest BCUT2D eigenvalue weighted by Crippen LogP contribution is 2.52. The number of carbonyl (C=O) groups is 1. The van der Waals surface area contributed by atoms with Crippen molar-refractivity contribution in [3.63, 3.8) is 0 Å². The minimum atomic E-state index is -3.89. The van der Waals surface area contributed by atoms with Crippen LogP contribution in [0.1, 0.15) is 39.7 Å². The van der Waals surface area contributed by atoms with Gasteiger partial charge in [0, 0.05) is 0 Å². The van der Waals surface area contributed by atoms with Crippen LogP contribution in [0.4, 0.5) is 0 Å². The molecule has 5 nitrogen and oxygen atoms in total. The van der Waals surface area contributed by atoms with Gasteiger partial charge in [-0.05, 0) is 43.5 Å². The van der Waals surface area contributed by atoms with Crippen molar-refractivity contribution in [3.8, 4) is 0 Å². The van der Waals surface area contributed by atoms with Crippen molar-refractivity contribution in [3.05, 3.63) is 29.8 Å². The molecule has 1 aliphatic rings. The number of nitrogens with zero attached hydrogens (tertiary/aromatic N) is 1. The molecule has 1 unspecified atom stereocenters. The van der Waals surface area contributed by atoms with Gasteiger partial charge in [0.05, 0.1) is 23.0 Å². The number of β-lactam (4-membered cyclic amide) rings is 1. The highest BCUT2D eigenvalue weighted by atomic mass is 32.2. The Morgan fingerprint density at radius 1 is 1.23 bits per heavy atom. The van der Waals surface area contributed by atoms with Gasteiger partial charge in [0.2, 0.25) is 5.91 Å². The molecule has 0 spiro atoms. The molecule has 0 N–H and O–H groups in total. The average Bonchev–Trinajstić information content (AvgIpc) is 2.51. The van der Waals surface area contributed by atoms with Gasteiger partial charge in [0.25, 0.3) is 10.0 Å². The first-order chi connectivity index (χ1) is 11.9. The standard InChI is InChI=1S/C19H31NO4SSi/c1-8-19(13-24-26(6)7)16(18(3,4)5)20(17(19)21)25(22,23)15-12-10-9-11-14(15)2/h9-12,16,26H,8,13H2,1-7H3/t16-,19?/m0/s1. The van der Waals surface area contributed by atoms with E-state index in [1.54, 1.807) is 31.2 Å². The van der Waals surface area contributed by atoms with E-state index in [2.05, 4.69) is 13.1 Å². The largest absolute Gasteiger partial charge is 0.419 e. The van der Waals surface area contributed by atoms with Crippen LogP contribution < -0.4 is 0 Å². The highest BCUT2D eigenvalue weighted by molar-refractivity contribution is 7.89. The molecule has 0 saturated carbocycles. The molecular formula is C19H31NO4SSi. The van der Waals surface area contributed by atoms with Gasteiger partial charge in [0.1, 0.15) is 0 Å². The van der Waals surface area contributed by atoms with Gasteiger partial charge in [-0.25, -0.2) is 12.7 Å². The smallest absolute Gasteiger partial charge is 0.267 e. The van der Waals surface area contributed by atoms with Crippen molar-refractivity contribution < 1.29 is 17.6 Å². The average molecular weight is 398 g/mol. The van der Waals surface area contributed by atoms with Crippen LogP contribution in [-0.4, -0.2) is 40.3 Å². The Hall–Kier alpha value is -1.18. The van der Waals surface area contributed by atoms with Crippen LogP contribution >= 0.6 is 0 Å². The lowest BCUT2D eigenvalue weighted by Gasteiger charge is -2.59. The number of rotatable bonds is 6. The Kier molecular flexibility index (Phi) is 5.76. The summed E-state index contributed by atoms with van der Waals surface area (Å²) in [7, 11) is -5.22. The van der Waals surface area contributed by atoms with Crippen molar-refractivity contribution in [1.29, 1.82) is 0 Å². The Bertz CT molecular complexity index is 785. The zero-order valence-corrected chi connectivity index (χ0v) is 18.8. The normalized spacial score (nSPS) is 24.1. The van der Waals surface area contributed by atoms with Crippen LogP contribution in [0.5, 0.6) is 0 Å². The summed E-state index contributed by atoms with van der Waals surface area (Å²) in [5.74, 6) is -0.335. The van der Waals surface area contributed by atoms with Gasteiger partial charge in [-0.2, -0.15) is 0 Å². The van der Waals surface area contributed by atoms with Gasteiger partial charge < -0.3 is 4.43 Å². The van der Waals surface area contributed by atoms with E-state index in [4.69, 9.17) is 4.43 Å². The van der Waals surface area contributed by atoms with E-state index in [1.165, 1.54) is 0 Å². The van der Waals surface area contributed by atoms with Crippen molar-refractivity contribution in [2.75, 3.05) is 6.61 Å². The van der Waals surface area contributed by atoms with E-state index in [0.29, 0.717) is 18.6 Å². The van der Waals surface area contributed by atoms with E-state index in [9.17, 15) is 13.2 Å². The third kappa shape index (κ3) is 3.36. The van der Waals surface area contributed by atoms with Crippen LogP contribution in [0.25, 0.3) is 0 Å².